The molecule has 5 nitrogen and oxygen atoms in total. The molecule has 1 rings (SSSR count). The minimum absolute atomic E-state index is 0.171. The van der Waals surface area contributed by atoms with E-state index in [-0.39, 0.29) is 18.6 Å². The van der Waals surface area contributed by atoms with E-state index in [0.29, 0.717) is 11.3 Å². The van der Waals surface area contributed by atoms with Crippen LogP contribution >= 0.6 is 15.9 Å². The molecule has 132 valence electrons. The molecule has 0 aliphatic heterocycles. The molecular weight excluding hydrogens is 376 g/mol. The van der Waals surface area contributed by atoms with Crippen molar-refractivity contribution < 1.29 is 23.8 Å². The zero-order valence-electron chi connectivity index (χ0n) is 14.6. The highest BCUT2D eigenvalue weighted by Gasteiger charge is 2.21. The van der Waals surface area contributed by atoms with E-state index in [0.717, 1.165) is 4.47 Å². The number of carbonyl (C=O) groups is 2. The van der Waals surface area contributed by atoms with Crippen molar-refractivity contribution in [3.05, 3.63) is 33.8 Å². The first-order valence-corrected chi connectivity index (χ1v) is 8.38. The molecule has 0 aliphatic carbocycles. The van der Waals surface area contributed by atoms with Crippen LogP contribution in [0.2, 0.25) is 0 Å². The normalized spacial score (nSPS) is 11.8. The molecule has 0 fully saturated rings. The molecule has 0 heterocycles. The van der Waals surface area contributed by atoms with Gasteiger partial charge in [0.1, 0.15) is 11.4 Å². The molecule has 0 amide bonds. The summed E-state index contributed by atoms with van der Waals surface area (Å²) in [5.41, 5.74) is 0.269. The van der Waals surface area contributed by atoms with Crippen LogP contribution in [-0.4, -0.2) is 31.3 Å². The second kappa shape index (κ2) is 8.87. The van der Waals surface area contributed by atoms with E-state index in [1.165, 1.54) is 7.11 Å². The van der Waals surface area contributed by atoms with Crippen LogP contribution < -0.4 is 4.74 Å². The van der Waals surface area contributed by atoms with Crippen molar-refractivity contribution in [2.24, 2.45) is 0 Å². The number of benzene rings is 1. The fourth-order valence-electron chi connectivity index (χ4n) is 1.93. The van der Waals surface area contributed by atoms with Gasteiger partial charge in [-0.15, -0.1) is 0 Å². The van der Waals surface area contributed by atoms with Gasteiger partial charge in [-0.05, 0) is 45.9 Å². The molecule has 0 saturated heterocycles. The van der Waals surface area contributed by atoms with Crippen LogP contribution in [0.1, 0.15) is 39.7 Å². The van der Waals surface area contributed by atoms with Gasteiger partial charge < -0.3 is 14.2 Å². The molecular formula is C18H23BrO5. The Morgan fingerprint density at radius 1 is 1.25 bits per heavy atom. The minimum Gasteiger partial charge on any atom is -0.496 e. The summed E-state index contributed by atoms with van der Waals surface area (Å²) < 4.78 is 16.5. The first-order chi connectivity index (χ1) is 11.2. The topological polar surface area (TPSA) is 61.8 Å². The minimum atomic E-state index is -0.619. The van der Waals surface area contributed by atoms with Gasteiger partial charge in [-0.3, -0.25) is 4.79 Å². The van der Waals surface area contributed by atoms with Crippen molar-refractivity contribution in [1.29, 1.82) is 0 Å². The maximum absolute atomic E-state index is 12.2. The molecule has 1 aromatic carbocycles. The summed E-state index contributed by atoms with van der Waals surface area (Å²) in [6.07, 6.45) is 1.42. The lowest BCUT2D eigenvalue weighted by atomic mass is 10.1. The number of halogens is 1. The number of carbonyl (C=O) groups excluding carboxylic acids is 2. The summed E-state index contributed by atoms with van der Waals surface area (Å²) in [6.45, 7) is 7.26. The second-order valence-corrected chi connectivity index (χ2v) is 6.96. The molecule has 0 saturated carbocycles. The summed E-state index contributed by atoms with van der Waals surface area (Å²) in [5, 5.41) is 0. The summed E-state index contributed by atoms with van der Waals surface area (Å²) in [7, 11) is 1.54. The smallest absolute Gasteiger partial charge is 0.334 e. The third-order valence-corrected chi connectivity index (χ3v) is 3.31. The third kappa shape index (κ3) is 6.74. The van der Waals surface area contributed by atoms with Crippen LogP contribution in [-0.2, 0) is 19.1 Å². The quantitative estimate of drug-likeness (QED) is 0.532. The van der Waals surface area contributed by atoms with Crippen LogP contribution in [0, 0.1) is 0 Å². The molecule has 0 spiro atoms. The van der Waals surface area contributed by atoms with Crippen molar-refractivity contribution in [1.82, 2.24) is 0 Å². The highest BCUT2D eigenvalue weighted by molar-refractivity contribution is 9.10. The lowest BCUT2D eigenvalue weighted by molar-refractivity contribution is -0.155. The molecule has 6 heteroatoms. The van der Waals surface area contributed by atoms with Crippen molar-refractivity contribution in [2.75, 3.05) is 13.7 Å². The zero-order valence-corrected chi connectivity index (χ0v) is 16.2. The Kier molecular flexibility index (Phi) is 7.48. The fraction of sp³-hybridized carbons (Fsp3) is 0.444. The van der Waals surface area contributed by atoms with Gasteiger partial charge >= 0.3 is 11.9 Å². The van der Waals surface area contributed by atoms with Crippen LogP contribution in [0.5, 0.6) is 5.75 Å². The van der Waals surface area contributed by atoms with E-state index in [1.807, 2.05) is 6.07 Å². The van der Waals surface area contributed by atoms with E-state index < -0.39 is 17.5 Å². The van der Waals surface area contributed by atoms with Gasteiger partial charge in [0, 0.05) is 15.6 Å². The number of hydrogen-bond donors (Lipinski definition) is 0. The third-order valence-electron chi connectivity index (χ3n) is 2.82. The average Bonchev–Trinajstić information content (AvgIpc) is 2.46. The number of ether oxygens (including phenoxy) is 3. The first kappa shape index (κ1) is 20.2. The van der Waals surface area contributed by atoms with E-state index in [1.54, 1.807) is 45.9 Å². The second-order valence-electron chi connectivity index (χ2n) is 6.04. The summed E-state index contributed by atoms with van der Waals surface area (Å²) in [5.74, 6) is -0.457. The molecule has 0 atom stereocenters. The summed E-state index contributed by atoms with van der Waals surface area (Å²) >= 11 is 3.36. The van der Waals surface area contributed by atoms with Gasteiger partial charge in [-0.1, -0.05) is 22.0 Å². The number of methoxy groups -OCH3 is 1. The molecule has 1 aromatic rings. The Hall–Kier alpha value is -1.82. The van der Waals surface area contributed by atoms with Crippen LogP contribution in [0.3, 0.4) is 0 Å². The molecule has 0 bridgehead atoms. The zero-order chi connectivity index (χ0) is 18.3. The van der Waals surface area contributed by atoms with Crippen LogP contribution in [0.15, 0.2) is 28.2 Å². The van der Waals surface area contributed by atoms with Crippen LogP contribution in [0.4, 0.5) is 0 Å². The standard InChI is InChI=1S/C18H23BrO5/c1-6-23-17(21)13(10-16(20)24-18(2,3)4)9-12-7-8-14(19)11-15(12)22-5/h7-9,11H,6,10H2,1-5H3/b13-9+. The van der Waals surface area contributed by atoms with Crippen molar-refractivity contribution in [2.45, 2.75) is 39.7 Å². The Bertz CT molecular complexity index is 629. The molecule has 0 aliphatic rings. The summed E-state index contributed by atoms with van der Waals surface area (Å²) in [4.78, 5) is 24.2. The molecule has 0 radical (unpaired) electrons. The van der Waals surface area contributed by atoms with Gasteiger partial charge in [0.25, 0.3) is 0 Å². The predicted octanol–water partition coefficient (Wildman–Crippen LogP) is 4.14. The Morgan fingerprint density at radius 2 is 1.92 bits per heavy atom. The number of rotatable bonds is 6. The van der Waals surface area contributed by atoms with Crippen molar-refractivity contribution >= 4 is 33.9 Å². The fourth-order valence-corrected chi connectivity index (χ4v) is 2.27. The van der Waals surface area contributed by atoms with Gasteiger partial charge in [0.2, 0.25) is 0 Å². The van der Waals surface area contributed by atoms with Gasteiger partial charge in [-0.2, -0.15) is 0 Å². The molecule has 24 heavy (non-hydrogen) atoms. The van der Waals surface area contributed by atoms with Crippen molar-refractivity contribution in [3.63, 3.8) is 0 Å². The van der Waals surface area contributed by atoms with Gasteiger partial charge in [-0.25, -0.2) is 4.79 Å². The predicted molar refractivity (Wildman–Crippen MR) is 95.8 cm³/mol. The lowest BCUT2D eigenvalue weighted by Crippen LogP contribution is -2.25. The number of hydrogen-bond acceptors (Lipinski definition) is 5. The highest BCUT2D eigenvalue weighted by Crippen LogP contribution is 2.26. The summed E-state index contributed by atoms with van der Waals surface area (Å²) in [6, 6.07) is 5.39. The molecule has 0 unspecified atom stereocenters. The van der Waals surface area contributed by atoms with Crippen molar-refractivity contribution in [3.8, 4) is 5.75 Å². The molecule has 0 aromatic heterocycles. The number of esters is 2. The van der Waals surface area contributed by atoms with E-state index in [9.17, 15) is 9.59 Å². The maximum Gasteiger partial charge on any atom is 0.334 e. The van der Waals surface area contributed by atoms with E-state index in [2.05, 4.69) is 15.9 Å². The largest absolute Gasteiger partial charge is 0.496 e. The average molecular weight is 399 g/mol. The van der Waals surface area contributed by atoms with Crippen LogP contribution in [0.25, 0.3) is 6.08 Å². The monoisotopic (exact) mass is 398 g/mol. The highest BCUT2D eigenvalue weighted by atomic mass is 79.9. The van der Waals surface area contributed by atoms with Gasteiger partial charge in [0.05, 0.1) is 20.1 Å². The Labute approximate surface area is 151 Å². The van der Waals surface area contributed by atoms with Gasteiger partial charge in [0.15, 0.2) is 0 Å². The first-order valence-electron chi connectivity index (χ1n) is 7.59. The van der Waals surface area contributed by atoms with E-state index >= 15 is 0 Å². The maximum atomic E-state index is 12.2. The molecule has 0 N–H and O–H groups in total. The lowest BCUT2D eigenvalue weighted by Gasteiger charge is -2.19. The Morgan fingerprint density at radius 3 is 2.46 bits per heavy atom. The SMILES string of the molecule is CCOC(=O)/C(=C/c1ccc(Br)cc1OC)CC(=O)OC(C)(C)C. The van der Waals surface area contributed by atoms with E-state index in [4.69, 9.17) is 14.2 Å². The Balaban J connectivity index is 3.14.